The number of nitriles is 1. The SMILES string of the molecule is CC(c1cccc(C#N)c1)N1C[C@@H]2CCCN[C@@H]2C1. The van der Waals surface area contributed by atoms with Crippen LogP contribution in [0.25, 0.3) is 0 Å². The van der Waals surface area contributed by atoms with E-state index in [0.717, 1.165) is 18.0 Å². The van der Waals surface area contributed by atoms with Gasteiger partial charge in [0.15, 0.2) is 0 Å². The van der Waals surface area contributed by atoms with Gasteiger partial charge in [-0.3, -0.25) is 4.90 Å². The average Bonchev–Trinajstić information content (AvgIpc) is 2.90. The standard InChI is InChI=1S/C16H21N3/c1-12(14-5-2-4-13(8-14)9-17)19-10-15-6-3-7-18-16(15)11-19/h2,4-5,8,12,15-16,18H,3,6-7,10-11H2,1H3/t12?,15-,16+/m0/s1. The molecule has 3 rings (SSSR count). The first kappa shape index (κ1) is 12.7. The minimum absolute atomic E-state index is 0.403. The van der Waals surface area contributed by atoms with E-state index in [9.17, 15) is 0 Å². The maximum atomic E-state index is 9.00. The van der Waals surface area contributed by atoms with Gasteiger partial charge in [-0.25, -0.2) is 0 Å². The fourth-order valence-corrected chi connectivity index (χ4v) is 3.48. The number of nitrogens with one attached hydrogen (secondary N) is 1. The molecule has 0 radical (unpaired) electrons. The van der Waals surface area contributed by atoms with Gasteiger partial charge in [0.05, 0.1) is 11.6 Å². The Labute approximate surface area is 115 Å². The first-order valence-electron chi connectivity index (χ1n) is 7.25. The molecule has 2 heterocycles. The second-order valence-corrected chi connectivity index (χ2v) is 5.83. The van der Waals surface area contributed by atoms with Crippen molar-refractivity contribution in [1.29, 1.82) is 5.26 Å². The third kappa shape index (κ3) is 2.51. The van der Waals surface area contributed by atoms with Crippen molar-refractivity contribution in [1.82, 2.24) is 10.2 Å². The summed E-state index contributed by atoms with van der Waals surface area (Å²) >= 11 is 0. The highest BCUT2D eigenvalue weighted by Gasteiger charge is 2.36. The van der Waals surface area contributed by atoms with Crippen LogP contribution in [0.15, 0.2) is 24.3 Å². The molecule has 19 heavy (non-hydrogen) atoms. The Hall–Kier alpha value is -1.37. The van der Waals surface area contributed by atoms with Gasteiger partial charge in [0.2, 0.25) is 0 Å². The van der Waals surface area contributed by atoms with Gasteiger partial charge < -0.3 is 5.32 Å². The molecule has 1 unspecified atom stereocenters. The molecule has 1 N–H and O–H groups in total. The van der Waals surface area contributed by atoms with Crippen LogP contribution in [0.3, 0.4) is 0 Å². The molecule has 0 saturated carbocycles. The minimum atomic E-state index is 0.403. The highest BCUT2D eigenvalue weighted by Crippen LogP contribution is 2.31. The number of rotatable bonds is 2. The summed E-state index contributed by atoms with van der Waals surface area (Å²) in [6.07, 6.45) is 2.67. The van der Waals surface area contributed by atoms with E-state index in [4.69, 9.17) is 5.26 Å². The van der Waals surface area contributed by atoms with Crippen molar-refractivity contribution >= 4 is 0 Å². The van der Waals surface area contributed by atoms with Crippen molar-refractivity contribution in [2.45, 2.75) is 31.8 Å². The maximum absolute atomic E-state index is 9.00. The molecule has 0 amide bonds. The Kier molecular flexibility index (Phi) is 3.54. The molecule has 2 aliphatic rings. The second kappa shape index (κ2) is 5.32. The Morgan fingerprint density at radius 2 is 2.32 bits per heavy atom. The lowest BCUT2D eigenvalue weighted by atomic mass is 9.94. The van der Waals surface area contributed by atoms with E-state index in [-0.39, 0.29) is 0 Å². The van der Waals surface area contributed by atoms with Crippen LogP contribution >= 0.6 is 0 Å². The summed E-state index contributed by atoms with van der Waals surface area (Å²) in [5, 5.41) is 12.6. The average molecular weight is 255 g/mol. The predicted molar refractivity (Wildman–Crippen MR) is 75.7 cm³/mol. The number of fused-ring (bicyclic) bond motifs is 1. The van der Waals surface area contributed by atoms with Gasteiger partial charge in [-0.2, -0.15) is 5.26 Å². The van der Waals surface area contributed by atoms with Crippen molar-refractivity contribution in [3.05, 3.63) is 35.4 Å². The summed E-state index contributed by atoms with van der Waals surface area (Å²) in [4.78, 5) is 2.56. The number of hydrogen-bond acceptors (Lipinski definition) is 3. The third-order valence-electron chi connectivity index (χ3n) is 4.67. The number of hydrogen-bond donors (Lipinski definition) is 1. The highest BCUT2D eigenvalue weighted by molar-refractivity contribution is 5.34. The summed E-state index contributed by atoms with van der Waals surface area (Å²) in [5.74, 6) is 0.815. The summed E-state index contributed by atoms with van der Waals surface area (Å²) in [6, 6.07) is 11.3. The fraction of sp³-hybridized carbons (Fsp3) is 0.562. The minimum Gasteiger partial charge on any atom is -0.312 e. The van der Waals surface area contributed by atoms with Crippen molar-refractivity contribution in [3.63, 3.8) is 0 Å². The van der Waals surface area contributed by atoms with Gasteiger partial charge >= 0.3 is 0 Å². The van der Waals surface area contributed by atoms with Gasteiger partial charge in [-0.05, 0) is 49.9 Å². The van der Waals surface area contributed by atoms with Crippen LogP contribution in [0, 0.1) is 17.2 Å². The normalized spacial score (nSPS) is 28.6. The van der Waals surface area contributed by atoms with E-state index in [0.29, 0.717) is 12.1 Å². The molecule has 100 valence electrons. The lowest BCUT2D eigenvalue weighted by Gasteiger charge is -2.25. The van der Waals surface area contributed by atoms with Crippen molar-refractivity contribution < 1.29 is 0 Å². The van der Waals surface area contributed by atoms with Crippen LogP contribution in [0.4, 0.5) is 0 Å². The largest absolute Gasteiger partial charge is 0.312 e. The number of piperidine rings is 1. The Bertz CT molecular complexity index is 477. The van der Waals surface area contributed by atoms with Crippen LogP contribution in [-0.2, 0) is 0 Å². The fourth-order valence-electron chi connectivity index (χ4n) is 3.48. The number of likely N-dealkylation sites (tertiary alicyclic amines) is 1. The van der Waals surface area contributed by atoms with E-state index in [1.54, 1.807) is 0 Å². The topological polar surface area (TPSA) is 39.1 Å². The highest BCUT2D eigenvalue weighted by atomic mass is 15.2. The van der Waals surface area contributed by atoms with Gasteiger partial charge in [0.25, 0.3) is 0 Å². The summed E-state index contributed by atoms with van der Waals surface area (Å²) < 4.78 is 0. The van der Waals surface area contributed by atoms with E-state index in [1.807, 2.05) is 18.2 Å². The Balaban J connectivity index is 1.73. The van der Waals surface area contributed by atoms with Crippen LogP contribution < -0.4 is 5.32 Å². The maximum Gasteiger partial charge on any atom is 0.0991 e. The first-order chi connectivity index (χ1) is 9.28. The van der Waals surface area contributed by atoms with E-state index >= 15 is 0 Å². The lowest BCUT2D eigenvalue weighted by Crippen LogP contribution is -2.40. The van der Waals surface area contributed by atoms with Crippen molar-refractivity contribution in [2.75, 3.05) is 19.6 Å². The zero-order chi connectivity index (χ0) is 13.2. The zero-order valence-electron chi connectivity index (χ0n) is 11.5. The Morgan fingerprint density at radius 1 is 1.42 bits per heavy atom. The summed E-state index contributed by atoms with van der Waals surface area (Å²) in [7, 11) is 0. The molecule has 0 aliphatic carbocycles. The van der Waals surface area contributed by atoms with Crippen molar-refractivity contribution in [3.8, 4) is 6.07 Å². The zero-order valence-corrected chi connectivity index (χ0v) is 11.5. The van der Waals surface area contributed by atoms with Gasteiger partial charge in [0.1, 0.15) is 0 Å². The molecule has 0 bridgehead atoms. The van der Waals surface area contributed by atoms with Crippen LogP contribution in [0.5, 0.6) is 0 Å². The molecule has 2 saturated heterocycles. The van der Waals surface area contributed by atoms with Gasteiger partial charge in [0, 0.05) is 25.2 Å². The monoisotopic (exact) mass is 255 g/mol. The summed E-state index contributed by atoms with van der Waals surface area (Å²) in [5.41, 5.74) is 2.02. The smallest absolute Gasteiger partial charge is 0.0991 e. The van der Waals surface area contributed by atoms with E-state index in [2.05, 4.69) is 29.3 Å². The molecule has 0 spiro atoms. The molecule has 3 atom stereocenters. The first-order valence-corrected chi connectivity index (χ1v) is 7.25. The van der Waals surface area contributed by atoms with Gasteiger partial charge in [-0.15, -0.1) is 0 Å². The van der Waals surface area contributed by atoms with Gasteiger partial charge in [-0.1, -0.05) is 12.1 Å². The molecule has 0 aromatic heterocycles. The molecule has 3 nitrogen and oxygen atoms in total. The predicted octanol–water partition coefficient (Wildman–Crippen LogP) is 2.30. The number of benzene rings is 1. The van der Waals surface area contributed by atoms with Crippen LogP contribution in [0.1, 0.15) is 36.9 Å². The Morgan fingerprint density at radius 3 is 3.11 bits per heavy atom. The molecular weight excluding hydrogens is 234 g/mol. The molecule has 3 heteroatoms. The molecule has 1 aromatic carbocycles. The quantitative estimate of drug-likeness (QED) is 0.881. The third-order valence-corrected chi connectivity index (χ3v) is 4.67. The molecule has 2 aliphatic heterocycles. The van der Waals surface area contributed by atoms with Crippen molar-refractivity contribution in [2.24, 2.45) is 5.92 Å². The van der Waals surface area contributed by atoms with Crippen LogP contribution in [-0.4, -0.2) is 30.6 Å². The lowest BCUT2D eigenvalue weighted by molar-refractivity contribution is 0.251. The molecule has 1 aromatic rings. The second-order valence-electron chi connectivity index (χ2n) is 5.83. The summed E-state index contributed by atoms with van der Waals surface area (Å²) in [6.45, 7) is 5.76. The van der Waals surface area contributed by atoms with Crippen LogP contribution in [0.2, 0.25) is 0 Å². The molecular formula is C16H21N3. The molecule has 2 fully saturated rings. The van der Waals surface area contributed by atoms with E-state index < -0.39 is 0 Å². The van der Waals surface area contributed by atoms with E-state index in [1.165, 1.54) is 31.5 Å². The number of nitrogens with zero attached hydrogens (tertiary/aromatic N) is 2.